The minimum atomic E-state index is -0.615. The number of hydrogen-bond donors (Lipinski definition) is 2. The number of carboxylic acids is 1. The van der Waals surface area contributed by atoms with Gasteiger partial charge in [0.05, 0.1) is 5.92 Å². The number of carboxylic acid groups (broad SMARTS) is 1. The van der Waals surface area contributed by atoms with E-state index in [1.54, 1.807) is 0 Å². The van der Waals surface area contributed by atoms with Gasteiger partial charge in [-0.1, -0.05) is 19.3 Å². The molecule has 0 aromatic rings. The summed E-state index contributed by atoms with van der Waals surface area (Å²) in [7, 11) is 0. The molecule has 0 bridgehead atoms. The maximum atomic E-state index is 10.5. The highest BCUT2D eigenvalue weighted by Crippen LogP contribution is 2.37. The van der Waals surface area contributed by atoms with E-state index in [1.165, 1.54) is 25.7 Å². The smallest absolute Gasteiger partial charge is 0.306 e. The van der Waals surface area contributed by atoms with E-state index >= 15 is 0 Å². The van der Waals surface area contributed by atoms with E-state index in [2.05, 4.69) is 5.32 Å². The van der Waals surface area contributed by atoms with Gasteiger partial charge in [0.2, 0.25) is 0 Å². The van der Waals surface area contributed by atoms with Crippen LogP contribution in [0.2, 0.25) is 0 Å². The maximum absolute atomic E-state index is 10.5. The van der Waals surface area contributed by atoms with Crippen LogP contribution in [0.1, 0.15) is 32.1 Å². The number of hydrogen-bond acceptors (Lipinski definition) is 2. The molecule has 3 nitrogen and oxygen atoms in total. The Kier molecular flexibility index (Phi) is 3.06. The van der Waals surface area contributed by atoms with E-state index in [1.807, 2.05) is 0 Å². The number of aliphatic carboxylic acids is 1. The average Bonchev–Trinajstić information content (AvgIpc) is 2.80. The minimum absolute atomic E-state index is 0.0498. The third-order valence-electron chi connectivity index (χ3n) is 3.60. The van der Waals surface area contributed by atoms with Crippen molar-refractivity contribution in [2.45, 2.75) is 32.1 Å². The molecule has 14 heavy (non-hydrogen) atoms. The lowest BCUT2D eigenvalue weighted by molar-refractivity contribution is -0.138. The Morgan fingerprint density at radius 3 is 2.71 bits per heavy atom. The molecule has 0 aliphatic heterocycles. The van der Waals surface area contributed by atoms with Gasteiger partial charge in [-0.25, -0.2) is 0 Å². The van der Waals surface area contributed by atoms with Crippen LogP contribution in [0.25, 0.3) is 0 Å². The first-order valence-electron chi connectivity index (χ1n) is 5.71. The van der Waals surface area contributed by atoms with Gasteiger partial charge in [-0.3, -0.25) is 4.79 Å². The first-order chi connectivity index (χ1) is 6.77. The molecule has 0 radical (unpaired) electrons. The summed E-state index contributed by atoms with van der Waals surface area (Å²) in [6.45, 7) is 1.98. The lowest BCUT2D eigenvalue weighted by atomic mass is 9.83. The van der Waals surface area contributed by atoms with E-state index in [9.17, 15) is 4.79 Å². The molecule has 0 aromatic carbocycles. The molecular formula is C11H19NO2. The average molecular weight is 197 g/mol. The van der Waals surface area contributed by atoms with Crippen LogP contribution in [0, 0.1) is 17.8 Å². The van der Waals surface area contributed by atoms with Crippen LogP contribution in [0.15, 0.2) is 0 Å². The number of carbonyl (C=O) groups is 1. The van der Waals surface area contributed by atoms with Crippen molar-refractivity contribution in [2.24, 2.45) is 17.8 Å². The molecule has 3 heteroatoms. The largest absolute Gasteiger partial charge is 0.481 e. The predicted molar refractivity (Wildman–Crippen MR) is 54.1 cm³/mol. The van der Waals surface area contributed by atoms with E-state index in [-0.39, 0.29) is 5.92 Å². The van der Waals surface area contributed by atoms with Crippen molar-refractivity contribution in [3.8, 4) is 0 Å². The third-order valence-corrected chi connectivity index (χ3v) is 3.60. The molecule has 2 fully saturated rings. The van der Waals surface area contributed by atoms with Crippen molar-refractivity contribution in [3.63, 3.8) is 0 Å². The highest BCUT2D eigenvalue weighted by Gasteiger charge is 2.42. The van der Waals surface area contributed by atoms with Gasteiger partial charge in [-0.05, 0) is 37.8 Å². The lowest BCUT2D eigenvalue weighted by Gasteiger charge is -2.25. The van der Waals surface area contributed by atoms with Crippen molar-refractivity contribution in [3.05, 3.63) is 0 Å². The Hall–Kier alpha value is -0.570. The molecule has 2 aliphatic carbocycles. The van der Waals surface area contributed by atoms with Crippen molar-refractivity contribution in [1.82, 2.24) is 5.32 Å². The summed E-state index contributed by atoms with van der Waals surface area (Å²) in [4.78, 5) is 10.5. The van der Waals surface area contributed by atoms with Crippen LogP contribution in [-0.2, 0) is 4.79 Å². The number of rotatable bonds is 6. The summed E-state index contributed by atoms with van der Waals surface area (Å²) in [5.41, 5.74) is 0. The fraction of sp³-hybridized carbons (Fsp3) is 0.909. The molecule has 2 aliphatic rings. The van der Waals surface area contributed by atoms with Crippen LogP contribution >= 0.6 is 0 Å². The van der Waals surface area contributed by atoms with Gasteiger partial charge in [-0.15, -0.1) is 0 Å². The fourth-order valence-electron chi connectivity index (χ4n) is 2.15. The molecule has 2 atom stereocenters. The summed E-state index contributed by atoms with van der Waals surface area (Å²) in [6, 6.07) is 0. The molecule has 0 saturated heterocycles. The maximum Gasteiger partial charge on any atom is 0.306 e. The summed E-state index contributed by atoms with van der Waals surface area (Å²) in [5, 5.41) is 12.1. The zero-order chi connectivity index (χ0) is 9.97. The molecule has 80 valence electrons. The summed E-state index contributed by atoms with van der Waals surface area (Å²) < 4.78 is 0. The van der Waals surface area contributed by atoms with Gasteiger partial charge in [0, 0.05) is 0 Å². The van der Waals surface area contributed by atoms with E-state index < -0.39 is 5.97 Å². The predicted octanol–water partition coefficient (Wildman–Crippen LogP) is 1.49. The monoisotopic (exact) mass is 197 g/mol. The van der Waals surface area contributed by atoms with Gasteiger partial charge < -0.3 is 10.4 Å². The van der Waals surface area contributed by atoms with Crippen LogP contribution in [0.3, 0.4) is 0 Å². The summed E-state index contributed by atoms with van der Waals surface area (Å²) in [5.74, 6) is 0.702. The zero-order valence-electron chi connectivity index (χ0n) is 8.54. The molecule has 0 amide bonds. The summed E-state index contributed by atoms with van der Waals surface area (Å²) in [6.07, 6.45) is 6.39. The fourth-order valence-corrected chi connectivity index (χ4v) is 2.15. The lowest BCUT2D eigenvalue weighted by Crippen LogP contribution is -2.23. The topological polar surface area (TPSA) is 49.3 Å². The zero-order valence-corrected chi connectivity index (χ0v) is 8.54. The second kappa shape index (κ2) is 4.30. The summed E-state index contributed by atoms with van der Waals surface area (Å²) >= 11 is 0. The second-order valence-electron chi connectivity index (χ2n) is 4.73. The van der Waals surface area contributed by atoms with Gasteiger partial charge in [0.15, 0.2) is 0 Å². The highest BCUT2D eigenvalue weighted by atomic mass is 16.4. The molecule has 0 aromatic heterocycles. The Bertz CT molecular complexity index is 213. The third kappa shape index (κ3) is 2.47. The SMILES string of the molecule is O=C(O)C1CC1CNCCC1CCC1. The Morgan fingerprint density at radius 2 is 2.21 bits per heavy atom. The van der Waals surface area contributed by atoms with E-state index in [0.29, 0.717) is 5.92 Å². The van der Waals surface area contributed by atoms with Crippen LogP contribution < -0.4 is 5.32 Å². The molecule has 2 unspecified atom stereocenters. The Balaban J connectivity index is 1.46. The van der Waals surface area contributed by atoms with Gasteiger partial charge in [0.25, 0.3) is 0 Å². The van der Waals surface area contributed by atoms with Crippen LogP contribution in [0.5, 0.6) is 0 Å². The highest BCUT2D eigenvalue weighted by molar-refractivity contribution is 5.73. The molecule has 2 saturated carbocycles. The number of nitrogens with one attached hydrogen (secondary N) is 1. The quantitative estimate of drug-likeness (QED) is 0.634. The second-order valence-corrected chi connectivity index (χ2v) is 4.73. The Labute approximate surface area is 84.9 Å². The molecule has 2 rings (SSSR count). The van der Waals surface area contributed by atoms with Crippen molar-refractivity contribution < 1.29 is 9.90 Å². The first-order valence-corrected chi connectivity index (χ1v) is 5.71. The molecular weight excluding hydrogens is 178 g/mol. The standard InChI is InChI=1S/C11H19NO2/c13-11(14)10-6-9(10)7-12-5-4-8-2-1-3-8/h8-10,12H,1-7H2,(H,13,14). The van der Waals surface area contributed by atoms with Crippen LogP contribution in [-0.4, -0.2) is 24.2 Å². The van der Waals surface area contributed by atoms with Crippen molar-refractivity contribution in [1.29, 1.82) is 0 Å². The van der Waals surface area contributed by atoms with Gasteiger partial charge in [0.1, 0.15) is 0 Å². The molecule has 0 heterocycles. The normalized spacial score (nSPS) is 31.1. The minimum Gasteiger partial charge on any atom is -0.481 e. The van der Waals surface area contributed by atoms with E-state index in [4.69, 9.17) is 5.11 Å². The van der Waals surface area contributed by atoms with Crippen molar-refractivity contribution in [2.75, 3.05) is 13.1 Å². The molecule has 0 spiro atoms. The van der Waals surface area contributed by atoms with Gasteiger partial charge in [-0.2, -0.15) is 0 Å². The van der Waals surface area contributed by atoms with E-state index in [0.717, 1.165) is 25.4 Å². The van der Waals surface area contributed by atoms with Crippen LogP contribution in [0.4, 0.5) is 0 Å². The first kappa shape index (κ1) is 9.97. The Morgan fingerprint density at radius 1 is 1.43 bits per heavy atom. The van der Waals surface area contributed by atoms with Crippen molar-refractivity contribution >= 4 is 5.97 Å². The molecule has 2 N–H and O–H groups in total. The van der Waals surface area contributed by atoms with Gasteiger partial charge >= 0.3 is 5.97 Å².